The molecule has 0 spiro atoms. The van der Waals surface area contributed by atoms with Crippen molar-refractivity contribution in [2.75, 3.05) is 0 Å². The number of rotatable bonds is 7. The van der Waals surface area contributed by atoms with Crippen LogP contribution in [0.3, 0.4) is 0 Å². The minimum Gasteiger partial charge on any atom is -0.438 e. The van der Waals surface area contributed by atoms with Crippen molar-refractivity contribution in [2.24, 2.45) is 7.05 Å². The molecule has 1 amide bonds. The zero-order valence-corrected chi connectivity index (χ0v) is 17.8. The van der Waals surface area contributed by atoms with Crippen LogP contribution in [0.5, 0.6) is 11.6 Å². The summed E-state index contributed by atoms with van der Waals surface area (Å²) in [5.74, 6) is -1.76. The second-order valence-corrected chi connectivity index (χ2v) is 7.35. The van der Waals surface area contributed by atoms with E-state index >= 15 is 0 Å². The highest BCUT2D eigenvalue weighted by molar-refractivity contribution is 5.98. The Kier molecular flexibility index (Phi) is 7.22. The highest BCUT2D eigenvalue weighted by atomic mass is 19.4. The summed E-state index contributed by atoms with van der Waals surface area (Å²) >= 11 is 0. The third kappa shape index (κ3) is 5.51. The molecule has 1 unspecified atom stereocenters. The van der Waals surface area contributed by atoms with Gasteiger partial charge in [0.2, 0.25) is 5.88 Å². The average molecular weight is 485 g/mol. The number of aryl methyl sites for hydroxylation is 1. The number of ether oxygens (including phenoxy) is 1. The Morgan fingerprint density at radius 3 is 2.26 bits per heavy atom. The zero-order chi connectivity index (χ0) is 25.2. The van der Waals surface area contributed by atoms with E-state index in [0.717, 1.165) is 16.8 Å². The van der Waals surface area contributed by atoms with Gasteiger partial charge >= 0.3 is 6.18 Å². The number of aliphatic hydroxyl groups is 2. The van der Waals surface area contributed by atoms with Crippen molar-refractivity contribution in [2.45, 2.75) is 31.9 Å². The minimum atomic E-state index is -4.66. The van der Waals surface area contributed by atoms with Crippen LogP contribution < -0.4 is 10.1 Å². The second-order valence-electron chi connectivity index (χ2n) is 7.35. The number of amides is 1. The monoisotopic (exact) mass is 485 g/mol. The fourth-order valence-electron chi connectivity index (χ4n) is 3.17. The molecule has 1 aromatic heterocycles. The van der Waals surface area contributed by atoms with Crippen molar-refractivity contribution in [1.29, 1.82) is 0 Å². The van der Waals surface area contributed by atoms with Crippen molar-refractivity contribution >= 4 is 5.91 Å². The molecule has 0 fully saturated rings. The van der Waals surface area contributed by atoms with Crippen LogP contribution in [-0.2, 0) is 13.2 Å². The number of hydrogen-bond donors (Lipinski definition) is 3. The van der Waals surface area contributed by atoms with E-state index in [2.05, 4.69) is 10.4 Å². The van der Waals surface area contributed by atoms with Gasteiger partial charge in [0.05, 0.1) is 11.6 Å². The van der Waals surface area contributed by atoms with Gasteiger partial charge in [-0.1, -0.05) is 30.3 Å². The second kappa shape index (κ2) is 9.77. The van der Waals surface area contributed by atoms with Gasteiger partial charge in [0.25, 0.3) is 12.3 Å². The third-order valence-electron chi connectivity index (χ3n) is 4.91. The first-order valence-electron chi connectivity index (χ1n) is 9.85. The Balaban J connectivity index is 1.92. The van der Waals surface area contributed by atoms with Crippen LogP contribution in [0.2, 0.25) is 0 Å². The highest BCUT2D eigenvalue weighted by Gasteiger charge is 2.33. The molecule has 1 heterocycles. The number of aromatic nitrogens is 2. The number of nitrogens with one attached hydrogen (secondary N) is 1. The van der Waals surface area contributed by atoms with Crippen LogP contribution in [0, 0.1) is 0 Å². The molecule has 3 aromatic rings. The quantitative estimate of drug-likeness (QED) is 0.335. The molecule has 0 saturated carbocycles. The maximum absolute atomic E-state index is 13.6. The van der Waals surface area contributed by atoms with Crippen LogP contribution in [0.25, 0.3) is 0 Å². The van der Waals surface area contributed by atoms with E-state index in [1.54, 1.807) is 6.92 Å². The summed E-state index contributed by atoms with van der Waals surface area (Å²) in [6.45, 7) is 1.56. The lowest BCUT2D eigenvalue weighted by molar-refractivity contribution is -0.137. The molecule has 12 heteroatoms. The molecule has 3 rings (SSSR count). The van der Waals surface area contributed by atoms with Gasteiger partial charge in [-0.3, -0.25) is 4.79 Å². The van der Waals surface area contributed by atoms with Crippen molar-refractivity contribution in [3.05, 3.63) is 76.5 Å². The van der Waals surface area contributed by atoms with E-state index < -0.39 is 53.5 Å². The lowest BCUT2D eigenvalue weighted by atomic mass is 10.1. The number of carbonyl (C=O) groups is 1. The van der Waals surface area contributed by atoms with Crippen LogP contribution >= 0.6 is 0 Å². The van der Waals surface area contributed by atoms with Gasteiger partial charge in [-0.05, 0) is 30.7 Å². The van der Waals surface area contributed by atoms with Crippen LogP contribution in [0.4, 0.5) is 22.0 Å². The molecule has 0 bridgehead atoms. The summed E-state index contributed by atoms with van der Waals surface area (Å²) < 4.78 is 72.5. The van der Waals surface area contributed by atoms with Gasteiger partial charge in [-0.25, -0.2) is 13.5 Å². The Bertz CT molecular complexity index is 1160. The fraction of sp³-hybridized carbons (Fsp3) is 0.273. The summed E-state index contributed by atoms with van der Waals surface area (Å²) in [7, 11) is 1.22. The molecule has 0 radical (unpaired) electrons. The maximum Gasteiger partial charge on any atom is 0.416 e. The molecule has 1 atom stereocenters. The predicted octanol–water partition coefficient (Wildman–Crippen LogP) is 4.64. The SMILES string of the molecule is CC(NC(=O)c1c(C(F)F)nn(C)c1Oc1cccc(C(F)(F)F)c1)c1ccc(C(O)O)cc1. The van der Waals surface area contributed by atoms with Crippen molar-refractivity contribution < 1.29 is 41.7 Å². The normalized spacial score (nSPS) is 12.8. The van der Waals surface area contributed by atoms with E-state index in [1.807, 2.05) is 0 Å². The van der Waals surface area contributed by atoms with Crippen LogP contribution in [-0.4, -0.2) is 25.9 Å². The molecular weight excluding hydrogens is 465 g/mol. The largest absolute Gasteiger partial charge is 0.438 e. The fourth-order valence-corrected chi connectivity index (χ4v) is 3.17. The summed E-state index contributed by atoms with van der Waals surface area (Å²) in [6, 6.07) is 8.91. The number of carbonyl (C=O) groups excluding carboxylic acids is 1. The summed E-state index contributed by atoms with van der Waals surface area (Å²) in [5, 5.41) is 24.5. The Morgan fingerprint density at radius 2 is 1.71 bits per heavy atom. The van der Waals surface area contributed by atoms with E-state index in [0.29, 0.717) is 11.6 Å². The summed E-state index contributed by atoms with van der Waals surface area (Å²) in [6.07, 6.45) is -9.50. The summed E-state index contributed by atoms with van der Waals surface area (Å²) in [4.78, 5) is 12.9. The van der Waals surface area contributed by atoms with Gasteiger partial charge in [0, 0.05) is 12.6 Å². The maximum atomic E-state index is 13.6. The van der Waals surface area contributed by atoms with E-state index in [1.165, 1.54) is 37.4 Å². The van der Waals surface area contributed by atoms with Gasteiger partial charge in [0.15, 0.2) is 6.29 Å². The zero-order valence-electron chi connectivity index (χ0n) is 17.8. The number of aliphatic hydroxyl groups excluding tert-OH is 1. The number of nitrogens with zero attached hydrogens (tertiary/aromatic N) is 2. The Morgan fingerprint density at radius 1 is 1.09 bits per heavy atom. The molecular formula is C22H20F5N3O4. The van der Waals surface area contributed by atoms with Gasteiger partial charge in [0.1, 0.15) is 17.0 Å². The number of halogens is 5. The van der Waals surface area contributed by atoms with Crippen LogP contribution in [0.15, 0.2) is 48.5 Å². The van der Waals surface area contributed by atoms with Crippen molar-refractivity contribution in [3.8, 4) is 11.6 Å². The van der Waals surface area contributed by atoms with Crippen molar-refractivity contribution in [1.82, 2.24) is 15.1 Å². The molecule has 3 N–H and O–H groups in total. The molecule has 7 nitrogen and oxygen atoms in total. The topological polar surface area (TPSA) is 96.6 Å². The van der Waals surface area contributed by atoms with Gasteiger partial charge in [-0.15, -0.1) is 0 Å². The van der Waals surface area contributed by atoms with Crippen molar-refractivity contribution in [3.63, 3.8) is 0 Å². The van der Waals surface area contributed by atoms with E-state index in [4.69, 9.17) is 4.74 Å². The Hall–Kier alpha value is -3.51. The minimum absolute atomic E-state index is 0.214. The molecule has 0 aliphatic rings. The molecule has 0 saturated heterocycles. The van der Waals surface area contributed by atoms with Gasteiger partial charge < -0.3 is 20.3 Å². The first kappa shape index (κ1) is 25.1. The average Bonchev–Trinajstić information content (AvgIpc) is 3.09. The predicted molar refractivity (Wildman–Crippen MR) is 109 cm³/mol. The summed E-state index contributed by atoms with van der Waals surface area (Å²) in [5.41, 5.74) is -1.79. The van der Waals surface area contributed by atoms with Gasteiger partial charge in [-0.2, -0.15) is 18.3 Å². The molecule has 0 aliphatic carbocycles. The lowest BCUT2D eigenvalue weighted by Gasteiger charge is -2.16. The smallest absolute Gasteiger partial charge is 0.416 e. The molecule has 0 aliphatic heterocycles. The lowest BCUT2D eigenvalue weighted by Crippen LogP contribution is -2.27. The van der Waals surface area contributed by atoms with Crippen LogP contribution in [0.1, 0.15) is 58.4 Å². The molecule has 182 valence electrons. The number of benzene rings is 2. The molecule has 34 heavy (non-hydrogen) atoms. The first-order chi connectivity index (χ1) is 15.9. The Labute approximate surface area is 190 Å². The first-order valence-corrected chi connectivity index (χ1v) is 9.85. The number of alkyl halides is 5. The standard InChI is InChI=1S/C22H20F5N3O4/c1-11(12-6-8-13(9-7-12)21(32)33)28-19(31)16-17(18(23)24)29-30(2)20(16)34-15-5-3-4-14(10-15)22(25,26)27/h3-11,18,21,32-33H,1-2H3,(H,28,31). The third-order valence-corrected chi connectivity index (χ3v) is 4.91. The van der Waals surface area contributed by atoms with E-state index in [9.17, 15) is 37.0 Å². The number of hydrogen-bond acceptors (Lipinski definition) is 5. The van der Waals surface area contributed by atoms with E-state index in [-0.39, 0.29) is 11.3 Å². The molecule has 2 aromatic carbocycles. The highest BCUT2D eigenvalue weighted by Crippen LogP contribution is 2.36.